The Labute approximate surface area is 117 Å². The molecule has 5 heteroatoms. The zero-order valence-electron chi connectivity index (χ0n) is 11.1. The van der Waals surface area contributed by atoms with Crippen LogP contribution in [0.2, 0.25) is 5.02 Å². The van der Waals surface area contributed by atoms with Crippen molar-refractivity contribution in [3.8, 4) is 11.6 Å². The molecule has 1 aromatic heterocycles. The maximum Gasteiger partial charge on any atom is 0.227 e. The first-order valence-electron chi connectivity index (χ1n) is 6.03. The van der Waals surface area contributed by atoms with Crippen LogP contribution in [0.5, 0.6) is 11.6 Å². The fraction of sp³-hybridized carbons (Fsp3) is 0.286. The van der Waals surface area contributed by atoms with E-state index in [1.54, 1.807) is 6.07 Å². The first kappa shape index (κ1) is 13.6. The van der Waals surface area contributed by atoms with Crippen molar-refractivity contribution < 1.29 is 4.74 Å². The summed E-state index contributed by atoms with van der Waals surface area (Å²) in [4.78, 5) is 8.18. The molecule has 19 heavy (non-hydrogen) atoms. The molecule has 100 valence electrons. The average Bonchev–Trinajstić information content (AvgIpc) is 2.32. The highest BCUT2D eigenvalue weighted by molar-refractivity contribution is 6.30. The van der Waals surface area contributed by atoms with E-state index in [0.717, 1.165) is 11.1 Å². The van der Waals surface area contributed by atoms with E-state index in [1.807, 2.05) is 32.9 Å². The van der Waals surface area contributed by atoms with Gasteiger partial charge in [0.25, 0.3) is 0 Å². The molecule has 0 saturated heterocycles. The number of nitrogen functional groups attached to an aromatic ring is 1. The predicted molar refractivity (Wildman–Crippen MR) is 76.8 cm³/mol. The van der Waals surface area contributed by atoms with E-state index < -0.39 is 0 Å². The minimum atomic E-state index is 0.184. The zero-order chi connectivity index (χ0) is 14.0. The minimum absolute atomic E-state index is 0.184. The summed E-state index contributed by atoms with van der Waals surface area (Å²) in [6, 6.07) is 5.44. The van der Waals surface area contributed by atoms with Crippen molar-refractivity contribution in [3.05, 3.63) is 40.7 Å². The third kappa shape index (κ3) is 2.96. The lowest BCUT2D eigenvalue weighted by Crippen LogP contribution is -2.04. The normalized spacial score (nSPS) is 10.8. The summed E-state index contributed by atoms with van der Waals surface area (Å²) in [5.74, 6) is 1.84. The largest absolute Gasteiger partial charge is 0.438 e. The molecule has 1 heterocycles. The van der Waals surface area contributed by atoms with E-state index in [9.17, 15) is 0 Å². The highest BCUT2D eigenvalue weighted by Gasteiger charge is 2.15. The molecule has 0 radical (unpaired) electrons. The molecule has 0 fully saturated rings. The van der Waals surface area contributed by atoms with E-state index in [2.05, 4.69) is 9.97 Å². The van der Waals surface area contributed by atoms with Gasteiger partial charge in [0.15, 0.2) is 0 Å². The van der Waals surface area contributed by atoms with Crippen molar-refractivity contribution in [1.82, 2.24) is 9.97 Å². The molecule has 0 saturated carbocycles. The molecule has 2 rings (SSSR count). The summed E-state index contributed by atoms with van der Waals surface area (Å²) in [5, 5.41) is 0.677. The SMILES string of the molecule is Cc1cc(Cl)ccc1Oc1ncnc(N)c1C(C)C. The van der Waals surface area contributed by atoms with Crippen LogP contribution in [0, 0.1) is 6.92 Å². The van der Waals surface area contributed by atoms with Crippen molar-refractivity contribution in [3.63, 3.8) is 0 Å². The minimum Gasteiger partial charge on any atom is -0.438 e. The number of aryl methyl sites for hydroxylation is 1. The summed E-state index contributed by atoms with van der Waals surface area (Å²) in [5.41, 5.74) is 7.65. The molecule has 2 N–H and O–H groups in total. The Morgan fingerprint density at radius 1 is 1.26 bits per heavy atom. The van der Waals surface area contributed by atoms with Gasteiger partial charge in [-0.15, -0.1) is 0 Å². The molecule has 0 aliphatic rings. The number of halogens is 1. The first-order valence-corrected chi connectivity index (χ1v) is 6.41. The molecule has 0 aliphatic heterocycles. The number of aromatic nitrogens is 2. The van der Waals surface area contributed by atoms with Crippen LogP contribution in [0.1, 0.15) is 30.9 Å². The molecule has 0 amide bonds. The Morgan fingerprint density at radius 2 is 2.00 bits per heavy atom. The monoisotopic (exact) mass is 277 g/mol. The van der Waals surface area contributed by atoms with Gasteiger partial charge in [0.05, 0.1) is 5.56 Å². The summed E-state index contributed by atoms with van der Waals surface area (Å²) in [7, 11) is 0. The van der Waals surface area contributed by atoms with Gasteiger partial charge in [-0.05, 0) is 36.6 Å². The van der Waals surface area contributed by atoms with Crippen LogP contribution in [0.25, 0.3) is 0 Å². The summed E-state index contributed by atoms with van der Waals surface area (Å²) >= 11 is 5.93. The Bertz CT molecular complexity index is 599. The van der Waals surface area contributed by atoms with Gasteiger partial charge < -0.3 is 10.5 Å². The van der Waals surface area contributed by atoms with Crippen LogP contribution < -0.4 is 10.5 Å². The predicted octanol–water partition coefficient (Wildman–Crippen LogP) is 3.94. The fourth-order valence-electron chi connectivity index (χ4n) is 1.85. The molecule has 1 aromatic carbocycles. The highest BCUT2D eigenvalue weighted by atomic mass is 35.5. The van der Waals surface area contributed by atoms with Crippen molar-refractivity contribution in [2.45, 2.75) is 26.7 Å². The maximum atomic E-state index is 5.93. The Morgan fingerprint density at radius 3 is 2.63 bits per heavy atom. The molecule has 0 aliphatic carbocycles. The molecule has 4 nitrogen and oxygen atoms in total. The van der Waals surface area contributed by atoms with E-state index in [0.29, 0.717) is 22.5 Å². The third-order valence-corrected chi connectivity index (χ3v) is 3.03. The number of ether oxygens (including phenoxy) is 1. The Kier molecular flexibility index (Phi) is 3.90. The molecule has 0 atom stereocenters. The molecular formula is C14H16ClN3O. The second-order valence-corrected chi connectivity index (χ2v) is 5.08. The maximum absolute atomic E-state index is 5.93. The van der Waals surface area contributed by atoms with E-state index in [-0.39, 0.29) is 5.92 Å². The van der Waals surface area contributed by atoms with Crippen LogP contribution in [0.3, 0.4) is 0 Å². The van der Waals surface area contributed by atoms with Crippen LogP contribution in [0.15, 0.2) is 24.5 Å². The zero-order valence-corrected chi connectivity index (χ0v) is 11.9. The smallest absolute Gasteiger partial charge is 0.227 e. The molecule has 0 bridgehead atoms. The highest BCUT2D eigenvalue weighted by Crippen LogP contribution is 2.33. The van der Waals surface area contributed by atoms with E-state index >= 15 is 0 Å². The topological polar surface area (TPSA) is 61.0 Å². The lowest BCUT2D eigenvalue weighted by Gasteiger charge is -2.15. The second-order valence-electron chi connectivity index (χ2n) is 4.64. The van der Waals surface area contributed by atoms with Crippen molar-refractivity contribution in [2.75, 3.05) is 5.73 Å². The van der Waals surface area contributed by atoms with Crippen molar-refractivity contribution in [2.24, 2.45) is 0 Å². The van der Waals surface area contributed by atoms with Gasteiger partial charge in [-0.1, -0.05) is 25.4 Å². The second kappa shape index (κ2) is 5.45. The number of nitrogens with two attached hydrogens (primary N) is 1. The number of hydrogen-bond donors (Lipinski definition) is 1. The van der Waals surface area contributed by atoms with Gasteiger partial charge in [-0.25, -0.2) is 9.97 Å². The number of rotatable bonds is 3. The van der Waals surface area contributed by atoms with Crippen molar-refractivity contribution in [1.29, 1.82) is 0 Å². The van der Waals surface area contributed by atoms with E-state index in [1.165, 1.54) is 6.33 Å². The van der Waals surface area contributed by atoms with Gasteiger partial charge in [-0.2, -0.15) is 0 Å². The van der Waals surface area contributed by atoms with E-state index in [4.69, 9.17) is 22.1 Å². The first-order chi connectivity index (χ1) is 8.99. The Balaban J connectivity index is 2.41. The Hall–Kier alpha value is -1.81. The number of anilines is 1. The average molecular weight is 278 g/mol. The lowest BCUT2D eigenvalue weighted by atomic mass is 10.1. The summed E-state index contributed by atoms with van der Waals surface area (Å²) in [6.45, 7) is 5.98. The lowest BCUT2D eigenvalue weighted by molar-refractivity contribution is 0.449. The quantitative estimate of drug-likeness (QED) is 0.923. The fourth-order valence-corrected chi connectivity index (χ4v) is 2.07. The molecule has 0 spiro atoms. The van der Waals surface area contributed by atoms with Gasteiger partial charge >= 0.3 is 0 Å². The summed E-state index contributed by atoms with van der Waals surface area (Å²) in [6.07, 6.45) is 1.40. The van der Waals surface area contributed by atoms with Gasteiger partial charge in [-0.3, -0.25) is 0 Å². The van der Waals surface area contributed by atoms with Crippen LogP contribution in [-0.2, 0) is 0 Å². The standard InChI is InChI=1S/C14H16ClN3O/c1-8(2)12-13(16)17-7-18-14(12)19-11-5-4-10(15)6-9(11)3/h4-8H,1-3H3,(H2,16,17,18). The van der Waals surface area contributed by atoms with Crippen LogP contribution in [0.4, 0.5) is 5.82 Å². The van der Waals surface area contributed by atoms with Gasteiger partial charge in [0, 0.05) is 5.02 Å². The molecule has 2 aromatic rings. The van der Waals surface area contributed by atoms with Gasteiger partial charge in [0.1, 0.15) is 17.9 Å². The number of nitrogens with zero attached hydrogens (tertiary/aromatic N) is 2. The summed E-state index contributed by atoms with van der Waals surface area (Å²) < 4.78 is 5.85. The van der Waals surface area contributed by atoms with Gasteiger partial charge in [0.2, 0.25) is 5.88 Å². The van der Waals surface area contributed by atoms with Crippen LogP contribution >= 0.6 is 11.6 Å². The van der Waals surface area contributed by atoms with Crippen LogP contribution in [-0.4, -0.2) is 9.97 Å². The molecule has 0 unspecified atom stereocenters. The molecular weight excluding hydrogens is 262 g/mol. The number of benzene rings is 1. The third-order valence-electron chi connectivity index (χ3n) is 2.80. The van der Waals surface area contributed by atoms with Crippen molar-refractivity contribution >= 4 is 17.4 Å². The number of hydrogen-bond acceptors (Lipinski definition) is 4.